The van der Waals surface area contributed by atoms with Crippen molar-refractivity contribution in [1.29, 1.82) is 5.26 Å². The predicted octanol–water partition coefficient (Wildman–Crippen LogP) is 5.42. The van der Waals surface area contributed by atoms with Crippen LogP contribution in [0.3, 0.4) is 0 Å². The molecule has 41 heavy (non-hydrogen) atoms. The van der Waals surface area contributed by atoms with E-state index in [1.54, 1.807) is 45.9 Å². The van der Waals surface area contributed by atoms with Crippen LogP contribution in [-0.4, -0.2) is 61.2 Å². The van der Waals surface area contributed by atoms with Gasteiger partial charge in [-0.3, -0.25) is 4.79 Å². The van der Waals surface area contributed by atoms with Gasteiger partial charge in [0.15, 0.2) is 5.65 Å². The maximum atomic E-state index is 13.3. The molecule has 1 fully saturated rings. The van der Waals surface area contributed by atoms with Crippen LogP contribution in [0.25, 0.3) is 28.0 Å². The lowest BCUT2D eigenvalue weighted by atomic mass is 10.00. The molecule has 2 amide bonds. The molecule has 4 heterocycles. The van der Waals surface area contributed by atoms with E-state index in [9.17, 15) is 14.9 Å². The maximum absolute atomic E-state index is 13.3. The zero-order chi connectivity index (χ0) is 29.3. The Bertz CT molecular complexity index is 1660. The van der Waals surface area contributed by atoms with Gasteiger partial charge in [-0.15, -0.1) is 0 Å². The number of nitrogens with zero attached hydrogens (tertiary/aromatic N) is 6. The summed E-state index contributed by atoms with van der Waals surface area (Å²) in [4.78, 5) is 36.4. The Morgan fingerprint density at radius 1 is 1.10 bits per heavy atom. The monoisotopic (exact) mass is 571 g/mol. The summed E-state index contributed by atoms with van der Waals surface area (Å²) in [5, 5.41) is 17.6. The fourth-order valence-electron chi connectivity index (χ4n) is 4.82. The first-order valence-corrected chi connectivity index (χ1v) is 13.7. The number of aromatic nitrogens is 4. The van der Waals surface area contributed by atoms with Gasteiger partial charge >= 0.3 is 6.09 Å². The summed E-state index contributed by atoms with van der Waals surface area (Å²) in [6, 6.07) is 14.5. The Labute approximate surface area is 242 Å². The van der Waals surface area contributed by atoms with Crippen LogP contribution >= 0.6 is 11.6 Å². The van der Waals surface area contributed by atoms with E-state index < -0.39 is 5.60 Å². The second kappa shape index (κ2) is 11.2. The second-order valence-corrected chi connectivity index (χ2v) is 11.4. The fraction of sp³-hybridized carbons (Fsp3) is 0.333. The number of piperidine rings is 1. The summed E-state index contributed by atoms with van der Waals surface area (Å²) in [5.41, 5.74) is 4.12. The Hall–Kier alpha value is -4.49. The molecule has 0 spiro atoms. The van der Waals surface area contributed by atoms with Gasteiger partial charge in [0.1, 0.15) is 22.1 Å². The van der Waals surface area contributed by atoms with E-state index in [2.05, 4.69) is 16.4 Å². The smallest absolute Gasteiger partial charge is 0.410 e. The number of halogens is 1. The number of aryl methyl sites for hydroxylation is 1. The Balaban J connectivity index is 1.44. The number of ether oxygens (including phenoxy) is 1. The van der Waals surface area contributed by atoms with Gasteiger partial charge in [-0.25, -0.2) is 19.3 Å². The Morgan fingerprint density at radius 3 is 2.54 bits per heavy atom. The fourth-order valence-corrected chi connectivity index (χ4v) is 5.08. The second-order valence-electron chi connectivity index (χ2n) is 11.0. The van der Waals surface area contributed by atoms with Crippen LogP contribution in [0.15, 0.2) is 48.7 Å². The lowest BCUT2D eigenvalue weighted by Crippen LogP contribution is -2.47. The van der Waals surface area contributed by atoms with Crippen molar-refractivity contribution in [3.63, 3.8) is 0 Å². The van der Waals surface area contributed by atoms with E-state index in [-0.39, 0.29) is 23.7 Å². The third-order valence-electron chi connectivity index (χ3n) is 6.68. The first kappa shape index (κ1) is 28.1. The van der Waals surface area contributed by atoms with Gasteiger partial charge < -0.3 is 15.0 Å². The molecule has 0 unspecified atom stereocenters. The molecule has 11 heteroatoms. The molecule has 5 rings (SSSR count). The highest BCUT2D eigenvalue weighted by Crippen LogP contribution is 2.36. The van der Waals surface area contributed by atoms with Gasteiger partial charge in [0.05, 0.1) is 17.2 Å². The predicted molar refractivity (Wildman–Crippen MR) is 154 cm³/mol. The molecule has 0 bridgehead atoms. The SMILES string of the molecule is Cc1cc(-c2c(-c3cccc(C#N)c3)nn3ccc(C(=O)NC4CCN(C(=O)OC(C)(C)C)CC4)nc23)cc(Cl)n1. The molecule has 0 radical (unpaired) electrons. The first-order valence-electron chi connectivity index (χ1n) is 13.3. The average Bonchev–Trinajstić information content (AvgIpc) is 3.31. The summed E-state index contributed by atoms with van der Waals surface area (Å²) in [6.07, 6.45) is 2.57. The highest BCUT2D eigenvalue weighted by molar-refractivity contribution is 6.29. The zero-order valence-corrected chi connectivity index (χ0v) is 24.1. The molecule has 210 valence electrons. The Morgan fingerprint density at radius 2 is 1.85 bits per heavy atom. The number of carbonyl (C=O) groups excluding carboxylic acids is 2. The number of nitriles is 1. The quantitative estimate of drug-likeness (QED) is 0.324. The molecule has 1 saturated heterocycles. The lowest BCUT2D eigenvalue weighted by molar-refractivity contribution is 0.0199. The minimum atomic E-state index is -0.558. The number of fused-ring (bicyclic) bond motifs is 1. The minimum absolute atomic E-state index is 0.102. The summed E-state index contributed by atoms with van der Waals surface area (Å²) in [6.45, 7) is 8.34. The van der Waals surface area contributed by atoms with E-state index in [1.807, 2.05) is 39.8 Å². The number of pyridine rings is 1. The molecule has 10 nitrogen and oxygen atoms in total. The van der Waals surface area contributed by atoms with E-state index in [4.69, 9.17) is 26.4 Å². The van der Waals surface area contributed by atoms with Crippen molar-refractivity contribution < 1.29 is 14.3 Å². The molecule has 1 aromatic carbocycles. The minimum Gasteiger partial charge on any atom is -0.444 e. The number of nitrogens with one attached hydrogen (secondary N) is 1. The number of carbonyl (C=O) groups is 2. The van der Waals surface area contributed by atoms with E-state index in [0.717, 1.165) is 16.8 Å². The van der Waals surface area contributed by atoms with E-state index in [1.165, 1.54) is 0 Å². The lowest BCUT2D eigenvalue weighted by Gasteiger charge is -2.33. The number of rotatable bonds is 4. The van der Waals surface area contributed by atoms with Gasteiger partial charge in [0.2, 0.25) is 0 Å². The summed E-state index contributed by atoms with van der Waals surface area (Å²) >= 11 is 6.32. The zero-order valence-electron chi connectivity index (χ0n) is 23.3. The van der Waals surface area contributed by atoms with Crippen LogP contribution < -0.4 is 5.32 Å². The van der Waals surface area contributed by atoms with Crippen molar-refractivity contribution in [2.24, 2.45) is 0 Å². The number of benzene rings is 1. The van der Waals surface area contributed by atoms with Crippen molar-refractivity contribution >= 4 is 29.2 Å². The van der Waals surface area contributed by atoms with E-state index >= 15 is 0 Å². The molecule has 1 aliphatic rings. The van der Waals surface area contributed by atoms with Crippen molar-refractivity contribution in [1.82, 2.24) is 29.8 Å². The van der Waals surface area contributed by atoms with Gasteiger partial charge in [-0.1, -0.05) is 23.7 Å². The summed E-state index contributed by atoms with van der Waals surface area (Å²) in [7, 11) is 0. The summed E-state index contributed by atoms with van der Waals surface area (Å²) < 4.78 is 7.08. The molecule has 1 aliphatic heterocycles. The largest absolute Gasteiger partial charge is 0.444 e. The van der Waals surface area contributed by atoms with Crippen molar-refractivity contribution in [3.8, 4) is 28.5 Å². The highest BCUT2D eigenvalue weighted by Gasteiger charge is 2.28. The van der Waals surface area contributed by atoms with Gasteiger partial charge in [-0.2, -0.15) is 10.4 Å². The third kappa shape index (κ3) is 6.31. The third-order valence-corrected chi connectivity index (χ3v) is 6.87. The molecular formula is C30H30ClN7O3. The molecule has 0 saturated carbocycles. The van der Waals surface area contributed by atoms with Crippen LogP contribution in [0.1, 0.15) is 55.4 Å². The molecular weight excluding hydrogens is 542 g/mol. The molecule has 0 aliphatic carbocycles. The van der Waals surface area contributed by atoms with Crippen LogP contribution in [0.2, 0.25) is 5.15 Å². The van der Waals surface area contributed by atoms with Crippen LogP contribution in [0.4, 0.5) is 4.79 Å². The van der Waals surface area contributed by atoms with Crippen LogP contribution in [-0.2, 0) is 4.74 Å². The van der Waals surface area contributed by atoms with Gasteiger partial charge in [0.25, 0.3) is 5.91 Å². The Kier molecular flexibility index (Phi) is 7.65. The number of hydrogen-bond acceptors (Lipinski definition) is 7. The topological polar surface area (TPSA) is 126 Å². The van der Waals surface area contributed by atoms with Crippen molar-refractivity contribution in [2.45, 2.75) is 52.2 Å². The highest BCUT2D eigenvalue weighted by atomic mass is 35.5. The molecule has 4 aromatic rings. The average molecular weight is 572 g/mol. The van der Waals surface area contributed by atoms with Crippen LogP contribution in [0, 0.1) is 18.3 Å². The summed E-state index contributed by atoms with van der Waals surface area (Å²) in [5.74, 6) is -0.313. The van der Waals surface area contributed by atoms with Crippen LogP contribution in [0.5, 0.6) is 0 Å². The standard InChI is InChI=1S/C30H30ClN7O3/c1-18-14-21(16-24(31)33-18)25-26(20-7-5-6-19(15-20)17-32)36-38-13-10-23(35-27(25)38)28(39)34-22-8-11-37(12-9-22)29(40)41-30(2,3)4/h5-7,10,13-16,22H,8-9,11-12H2,1-4H3,(H,34,39). The normalized spacial score (nSPS) is 14.1. The van der Waals surface area contributed by atoms with Gasteiger partial charge in [-0.05, 0) is 76.4 Å². The van der Waals surface area contributed by atoms with E-state index in [0.29, 0.717) is 53.6 Å². The van der Waals surface area contributed by atoms with Gasteiger partial charge in [0, 0.05) is 36.6 Å². The number of likely N-dealkylation sites (tertiary alicyclic amines) is 1. The number of hydrogen-bond donors (Lipinski definition) is 1. The molecule has 3 aromatic heterocycles. The first-order chi connectivity index (χ1) is 19.5. The number of amides is 2. The van der Waals surface area contributed by atoms with Crippen molar-refractivity contribution in [3.05, 3.63) is 70.8 Å². The molecule has 0 atom stereocenters. The maximum Gasteiger partial charge on any atom is 0.410 e. The van der Waals surface area contributed by atoms with Crippen molar-refractivity contribution in [2.75, 3.05) is 13.1 Å². The molecule has 1 N–H and O–H groups in total.